The maximum Gasteiger partial charge on any atom is 0.305 e. The standard InChI is InChI=1S/C16H14FN3O3/c1-10-2-4-18-8-15(10)19-5-3-11-6-13(17)14(20(22)23)7-12(11)16(19)9-21/h2,4,6-9,16H,3,5H2,1H3. The topological polar surface area (TPSA) is 76.3 Å². The van der Waals surface area contributed by atoms with Gasteiger partial charge in [0.2, 0.25) is 5.82 Å². The Morgan fingerprint density at radius 3 is 2.91 bits per heavy atom. The Balaban J connectivity index is 2.11. The number of pyridine rings is 1. The fraction of sp³-hybridized carbons (Fsp3) is 0.250. The number of carbonyl (C=O) groups excluding carboxylic acids is 1. The molecule has 0 bridgehead atoms. The lowest BCUT2D eigenvalue weighted by molar-refractivity contribution is -0.387. The molecule has 0 fully saturated rings. The molecule has 0 amide bonds. The zero-order valence-electron chi connectivity index (χ0n) is 12.4. The van der Waals surface area contributed by atoms with Crippen molar-refractivity contribution in [1.29, 1.82) is 0 Å². The SMILES string of the molecule is Cc1ccncc1N1CCc2cc(F)c([N+](=O)[O-])cc2C1C=O. The van der Waals surface area contributed by atoms with Gasteiger partial charge in [-0.1, -0.05) is 0 Å². The molecule has 2 aromatic rings. The van der Waals surface area contributed by atoms with Crippen LogP contribution in [0.2, 0.25) is 0 Å². The third kappa shape index (κ3) is 2.54. The Bertz CT molecular complexity index is 794. The van der Waals surface area contributed by atoms with Gasteiger partial charge in [0.15, 0.2) is 0 Å². The number of aldehydes is 1. The number of carbonyl (C=O) groups is 1. The van der Waals surface area contributed by atoms with Crippen LogP contribution in [0.5, 0.6) is 0 Å². The molecular formula is C16H14FN3O3. The van der Waals surface area contributed by atoms with Gasteiger partial charge in [-0.3, -0.25) is 15.1 Å². The Morgan fingerprint density at radius 2 is 2.26 bits per heavy atom. The van der Waals surface area contributed by atoms with Gasteiger partial charge < -0.3 is 9.69 Å². The smallest absolute Gasteiger partial charge is 0.305 e. The van der Waals surface area contributed by atoms with E-state index in [0.717, 1.165) is 23.6 Å². The number of anilines is 1. The second-order valence-electron chi connectivity index (χ2n) is 5.45. The van der Waals surface area contributed by atoms with Crippen LogP contribution in [0.1, 0.15) is 22.7 Å². The molecule has 0 saturated heterocycles. The summed E-state index contributed by atoms with van der Waals surface area (Å²) in [6.07, 6.45) is 4.55. The molecule has 0 spiro atoms. The van der Waals surface area contributed by atoms with Gasteiger partial charge in [-0.2, -0.15) is 4.39 Å². The Kier molecular flexibility index (Phi) is 3.77. The summed E-state index contributed by atoms with van der Waals surface area (Å²) < 4.78 is 13.8. The van der Waals surface area contributed by atoms with Crippen molar-refractivity contribution in [2.75, 3.05) is 11.4 Å². The lowest BCUT2D eigenvalue weighted by atomic mass is 9.91. The van der Waals surface area contributed by atoms with Gasteiger partial charge in [0.1, 0.15) is 12.3 Å². The second-order valence-corrected chi connectivity index (χ2v) is 5.45. The van der Waals surface area contributed by atoms with E-state index in [2.05, 4.69) is 4.98 Å². The van der Waals surface area contributed by atoms with E-state index in [1.54, 1.807) is 12.4 Å². The maximum atomic E-state index is 13.8. The van der Waals surface area contributed by atoms with Crippen LogP contribution in [0.3, 0.4) is 0 Å². The van der Waals surface area contributed by atoms with Gasteiger partial charge in [-0.05, 0) is 42.2 Å². The summed E-state index contributed by atoms with van der Waals surface area (Å²) >= 11 is 0. The first-order valence-corrected chi connectivity index (χ1v) is 7.12. The molecule has 1 aliphatic heterocycles. The highest BCUT2D eigenvalue weighted by atomic mass is 19.1. The average molecular weight is 315 g/mol. The monoisotopic (exact) mass is 315 g/mol. The number of nitro benzene ring substituents is 1. The first kappa shape index (κ1) is 15.1. The molecule has 3 rings (SSSR count). The van der Waals surface area contributed by atoms with Crippen molar-refractivity contribution in [3.05, 3.63) is 63.2 Å². The zero-order chi connectivity index (χ0) is 16.6. The normalized spacial score (nSPS) is 16.8. The molecule has 0 N–H and O–H groups in total. The van der Waals surface area contributed by atoms with Gasteiger partial charge in [-0.25, -0.2) is 0 Å². The minimum absolute atomic E-state index is 0.475. The molecule has 0 radical (unpaired) electrons. The van der Waals surface area contributed by atoms with E-state index in [-0.39, 0.29) is 0 Å². The molecule has 1 aromatic heterocycles. The molecular weight excluding hydrogens is 301 g/mol. The van der Waals surface area contributed by atoms with Crippen molar-refractivity contribution < 1.29 is 14.1 Å². The number of hydrogen-bond acceptors (Lipinski definition) is 5. The summed E-state index contributed by atoms with van der Waals surface area (Å²) in [5, 5.41) is 11.0. The fourth-order valence-electron chi connectivity index (χ4n) is 2.97. The number of nitrogens with zero attached hydrogens (tertiary/aromatic N) is 3. The summed E-state index contributed by atoms with van der Waals surface area (Å²) in [4.78, 5) is 27.8. The number of halogens is 1. The van der Waals surface area contributed by atoms with Crippen LogP contribution in [-0.4, -0.2) is 22.7 Å². The van der Waals surface area contributed by atoms with Gasteiger partial charge in [-0.15, -0.1) is 0 Å². The molecule has 1 aromatic carbocycles. The molecule has 1 aliphatic rings. The van der Waals surface area contributed by atoms with Crippen LogP contribution in [0.15, 0.2) is 30.6 Å². The van der Waals surface area contributed by atoms with Crippen molar-refractivity contribution in [2.45, 2.75) is 19.4 Å². The number of hydrogen-bond donors (Lipinski definition) is 0. The predicted octanol–water partition coefficient (Wildman–Crippen LogP) is 2.74. The average Bonchev–Trinajstić information content (AvgIpc) is 2.53. The van der Waals surface area contributed by atoms with Crippen LogP contribution >= 0.6 is 0 Å². The van der Waals surface area contributed by atoms with E-state index in [1.165, 1.54) is 6.07 Å². The number of fused-ring (bicyclic) bond motifs is 1. The summed E-state index contributed by atoms with van der Waals surface area (Å²) in [5.41, 5.74) is 2.24. The molecule has 1 unspecified atom stereocenters. The summed E-state index contributed by atoms with van der Waals surface area (Å²) in [6, 6.07) is 3.47. The van der Waals surface area contributed by atoms with Crippen molar-refractivity contribution in [1.82, 2.24) is 4.98 Å². The second kappa shape index (κ2) is 5.75. The quantitative estimate of drug-likeness (QED) is 0.494. The van der Waals surface area contributed by atoms with Crippen LogP contribution in [-0.2, 0) is 11.2 Å². The molecule has 1 atom stereocenters. The lowest BCUT2D eigenvalue weighted by Crippen LogP contribution is -2.37. The van der Waals surface area contributed by atoms with E-state index >= 15 is 0 Å². The van der Waals surface area contributed by atoms with Gasteiger partial charge in [0.05, 0.1) is 16.8 Å². The molecule has 0 saturated carbocycles. The summed E-state index contributed by atoms with van der Waals surface area (Å²) in [5.74, 6) is -0.871. The van der Waals surface area contributed by atoms with E-state index < -0.39 is 22.5 Å². The van der Waals surface area contributed by atoms with E-state index in [1.807, 2.05) is 17.9 Å². The highest BCUT2D eigenvalue weighted by Crippen LogP contribution is 2.36. The van der Waals surface area contributed by atoms with E-state index in [4.69, 9.17) is 0 Å². The number of benzene rings is 1. The van der Waals surface area contributed by atoms with E-state index in [9.17, 15) is 19.3 Å². The largest absolute Gasteiger partial charge is 0.356 e. The molecule has 118 valence electrons. The summed E-state index contributed by atoms with van der Waals surface area (Å²) in [6.45, 7) is 2.42. The molecule has 0 aliphatic carbocycles. The van der Waals surface area contributed by atoms with Gasteiger partial charge >= 0.3 is 5.69 Å². The zero-order valence-corrected chi connectivity index (χ0v) is 12.4. The summed E-state index contributed by atoms with van der Waals surface area (Å²) in [7, 11) is 0. The first-order chi connectivity index (χ1) is 11.0. The number of aromatic nitrogens is 1. The van der Waals surface area contributed by atoms with Crippen molar-refractivity contribution in [3.63, 3.8) is 0 Å². The third-order valence-electron chi connectivity index (χ3n) is 4.13. The van der Waals surface area contributed by atoms with E-state index in [0.29, 0.717) is 24.1 Å². The van der Waals surface area contributed by atoms with Crippen molar-refractivity contribution in [2.24, 2.45) is 0 Å². The Morgan fingerprint density at radius 1 is 1.48 bits per heavy atom. The molecule has 23 heavy (non-hydrogen) atoms. The highest BCUT2D eigenvalue weighted by Gasteiger charge is 2.31. The molecule has 7 heteroatoms. The third-order valence-corrected chi connectivity index (χ3v) is 4.13. The number of nitro groups is 1. The number of rotatable bonds is 3. The van der Waals surface area contributed by atoms with Crippen LogP contribution < -0.4 is 4.90 Å². The van der Waals surface area contributed by atoms with Gasteiger partial charge in [0, 0.05) is 18.8 Å². The van der Waals surface area contributed by atoms with Crippen LogP contribution in [0, 0.1) is 22.9 Å². The lowest BCUT2D eigenvalue weighted by Gasteiger charge is -2.36. The fourth-order valence-corrected chi connectivity index (χ4v) is 2.97. The Labute approximate surface area is 131 Å². The highest BCUT2D eigenvalue weighted by molar-refractivity contribution is 5.73. The Hall–Kier alpha value is -2.83. The number of aryl methyl sites for hydroxylation is 1. The minimum Gasteiger partial charge on any atom is -0.356 e. The van der Waals surface area contributed by atoms with Crippen molar-refractivity contribution in [3.8, 4) is 0 Å². The van der Waals surface area contributed by atoms with Crippen LogP contribution in [0.4, 0.5) is 15.8 Å². The van der Waals surface area contributed by atoms with Gasteiger partial charge in [0.25, 0.3) is 0 Å². The maximum absolute atomic E-state index is 13.8. The van der Waals surface area contributed by atoms with Crippen molar-refractivity contribution >= 4 is 17.7 Å². The van der Waals surface area contributed by atoms with Crippen LogP contribution in [0.25, 0.3) is 0 Å². The predicted molar refractivity (Wildman–Crippen MR) is 81.9 cm³/mol. The molecule has 6 nitrogen and oxygen atoms in total. The molecule has 2 heterocycles. The first-order valence-electron chi connectivity index (χ1n) is 7.12. The minimum atomic E-state index is -0.871.